The van der Waals surface area contributed by atoms with Crippen molar-refractivity contribution in [2.45, 2.75) is 20.4 Å². The smallest absolute Gasteiger partial charge is 0.107 e. The lowest BCUT2D eigenvalue weighted by atomic mass is 9.95. The average Bonchev–Trinajstić information content (AvgIpc) is 2.38. The fourth-order valence-corrected chi connectivity index (χ4v) is 1.63. The van der Waals surface area contributed by atoms with Crippen molar-refractivity contribution < 1.29 is 5.06 Å². The molecule has 1 rings (SSSR count). The van der Waals surface area contributed by atoms with E-state index in [0.29, 0.717) is 6.54 Å². The van der Waals surface area contributed by atoms with Crippen LogP contribution in [0, 0.1) is 23.5 Å². The molecule has 0 aliphatic heterocycles. The van der Waals surface area contributed by atoms with Gasteiger partial charge in [-0.15, -0.1) is 6.42 Å². The summed E-state index contributed by atoms with van der Waals surface area (Å²) in [6, 6.07) is 7.83. The molecule has 0 saturated carbocycles. The van der Waals surface area contributed by atoms with Crippen LogP contribution in [0.2, 0.25) is 0 Å². The van der Waals surface area contributed by atoms with E-state index >= 15 is 0 Å². The number of hydroxylamine groups is 2. The predicted molar refractivity (Wildman–Crippen MR) is 76.3 cm³/mol. The van der Waals surface area contributed by atoms with Gasteiger partial charge in [0.2, 0.25) is 0 Å². The van der Waals surface area contributed by atoms with Crippen molar-refractivity contribution in [2.75, 3.05) is 0 Å². The molecule has 1 aromatic carbocycles. The fraction of sp³-hybridized carbons (Fsp3) is 0.250. The molecule has 0 aliphatic rings. The third kappa shape index (κ3) is 3.89. The Hall–Kier alpha value is -1.82. The van der Waals surface area contributed by atoms with Crippen LogP contribution in [0.3, 0.4) is 0 Å². The minimum absolute atomic E-state index is 0.0282. The molecule has 1 N–H and O–H groups in total. The molecule has 0 bridgehead atoms. The van der Waals surface area contributed by atoms with Gasteiger partial charge in [0.05, 0.1) is 6.20 Å². The van der Waals surface area contributed by atoms with Gasteiger partial charge in [0.1, 0.15) is 6.54 Å². The molecule has 2 heteroatoms. The standard InChI is InChI=1S/C16H19NO/c1-5-11-17(18)12-15-7-9-16(10-8-15)14(4)13(3)6-2/h2,5,7-11,13,17H,4,12H2,1,3H3/b11-5-/t13-/m1/s1. The molecule has 0 amide bonds. The Morgan fingerprint density at radius 1 is 1.50 bits per heavy atom. The maximum atomic E-state index is 11.5. The molecule has 0 aromatic heterocycles. The zero-order chi connectivity index (χ0) is 13.5. The van der Waals surface area contributed by atoms with E-state index < -0.39 is 0 Å². The van der Waals surface area contributed by atoms with Gasteiger partial charge in [-0.1, -0.05) is 36.8 Å². The number of nitrogens with one attached hydrogen (secondary N) is 1. The summed E-state index contributed by atoms with van der Waals surface area (Å²) >= 11 is 0. The first-order valence-corrected chi connectivity index (χ1v) is 5.98. The van der Waals surface area contributed by atoms with E-state index in [9.17, 15) is 5.21 Å². The number of quaternary nitrogens is 1. The van der Waals surface area contributed by atoms with Crippen LogP contribution < -0.4 is 5.06 Å². The highest BCUT2D eigenvalue weighted by Gasteiger charge is 2.06. The molecule has 2 atom stereocenters. The van der Waals surface area contributed by atoms with E-state index in [1.54, 1.807) is 12.3 Å². The maximum Gasteiger partial charge on any atom is 0.107 e. The van der Waals surface area contributed by atoms with Crippen molar-refractivity contribution in [3.05, 3.63) is 59.5 Å². The lowest BCUT2D eigenvalue weighted by Gasteiger charge is -2.17. The van der Waals surface area contributed by atoms with Crippen LogP contribution in [0.25, 0.3) is 5.57 Å². The number of rotatable bonds is 5. The van der Waals surface area contributed by atoms with Crippen LogP contribution in [0.15, 0.2) is 43.1 Å². The zero-order valence-electron chi connectivity index (χ0n) is 10.9. The summed E-state index contributed by atoms with van der Waals surface area (Å²) in [4.78, 5) is 0. The van der Waals surface area contributed by atoms with Crippen LogP contribution in [-0.4, -0.2) is 0 Å². The first kappa shape index (κ1) is 14.2. The van der Waals surface area contributed by atoms with Crippen LogP contribution >= 0.6 is 0 Å². The number of hydrogen-bond acceptors (Lipinski definition) is 1. The second kappa shape index (κ2) is 6.80. The summed E-state index contributed by atoms with van der Waals surface area (Å²) in [5.74, 6) is 2.69. The Morgan fingerprint density at radius 2 is 2.11 bits per heavy atom. The predicted octanol–water partition coefficient (Wildman–Crippen LogP) is 2.39. The summed E-state index contributed by atoms with van der Waals surface area (Å²) in [6.07, 6.45) is 8.72. The fourth-order valence-electron chi connectivity index (χ4n) is 1.63. The summed E-state index contributed by atoms with van der Waals surface area (Å²) in [6.45, 7) is 8.22. The molecule has 94 valence electrons. The number of hydrogen-bond donors (Lipinski definition) is 1. The Bertz CT molecular complexity index is 465. The van der Waals surface area contributed by atoms with Crippen molar-refractivity contribution in [1.82, 2.24) is 0 Å². The van der Waals surface area contributed by atoms with E-state index in [-0.39, 0.29) is 11.0 Å². The van der Waals surface area contributed by atoms with Crippen LogP contribution in [-0.2, 0) is 6.54 Å². The summed E-state index contributed by atoms with van der Waals surface area (Å²) in [5, 5.41) is 11.6. The highest BCUT2D eigenvalue weighted by Crippen LogP contribution is 2.20. The van der Waals surface area contributed by atoms with Crippen molar-refractivity contribution in [3.8, 4) is 12.3 Å². The molecule has 18 heavy (non-hydrogen) atoms. The maximum absolute atomic E-state index is 11.5. The van der Waals surface area contributed by atoms with Gasteiger partial charge in [-0.25, -0.2) is 0 Å². The van der Waals surface area contributed by atoms with Crippen molar-refractivity contribution >= 4 is 5.57 Å². The normalized spacial score (nSPS) is 14.1. The van der Waals surface area contributed by atoms with E-state index in [1.165, 1.54) is 0 Å². The molecular formula is C16H19NO. The monoisotopic (exact) mass is 241 g/mol. The average molecular weight is 241 g/mol. The van der Waals surface area contributed by atoms with Crippen molar-refractivity contribution in [1.29, 1.82) is 0 Å². The van der Waals surface area contributed by atoms with E-state index in [2.05, 4.69) is 12.5 Å². The lowest BCUT2D eigenvalue weighted by Crippen LogP contribution is -3.00. The van der Waals surface area contributed by atoms with Gasteiger partial charge < -0.3 is 10.3 Å². The molecular weight excluding hydrogens is 222 g/mol. The summed E-state index contributed by atoms with van der Waals surface area (Å²) < 4.78 is 0. The molecule has 0 fully saturated rings. The topological polar surface area (TPSA) is 27.5 Å². The molecule has 0 aliphatic carbocycles. The third-order valence-corrected chi connectivity index (χ3v) is 2.83. The van der Waals surface area contributed by atoms with Crippen LogP contribution in [0.4, 0.5) is 0 Å². The summed E-state index contributed by atoms with van der Waals surface area (Å²) in [7, 11) is 0. The van der Waals surface area contributed by atoms with E-state index in [0.717, 1.165) is 16.7 Å². The van der Waals surface area contributed by atoms with Gasteiger partial charge in [0.15, 0.2) is 0 Å². The second-order valence-electron chi connectivity index (χ2n) is 4.25. The number of allylic oxidation sites excluding steroid dienone is 2. The number of benzene rings is 1. The SMILES string of the molecule is C#C[C@@H](C)C(=C)c1ccc(C[NH+]([O-])/C=C\C)cc1. The largest absolute Gasteiger partial charge is 0.629 e. The quantitative estimate of drug-likeness (QED) is 0.622. The van der Waals surface area contributed by atoms with Gasteiger partial charge in [-0.2, -0.15) is 0 Å². The molecule has 2 nitrogen and oxygen atoms in total. The minimum Gasteiger partial charge on any atom is -0.629 e. The van der Waals surface area contributed by atoms with Gasteiger partial charge >= 0.3 is 0 Å². The molecule has 0 heterocycles. The molecule has 0 spiro atoms. The molecule has 1 unspecified atom stereocenters. The Kier molecular flexibility index (Phi) is 5.38. The Balaban J connectivity index is 2.75. The molecule has 0 saturated heterocycles. The molecule has 1 aromatic rings. The second-order valence-corrected chi connectivity index (χ2v) is 4.25. The first-order chi connectivity index (χ1) is 8.58. The van der Waals surface area contributed by atoms with Gasteiger partial charge in [-0.3, -0.25) is 0 Å². The zero-order valence-corrected chi connectivity index (χ0v) is 10.9. The first-order valence-electron chi connectivity index (χ1n) is 5.98. The van der Waals surface area contributed by atoms with E-state index in [4.69, 9.17) is 6.42 Å². The number of terminal acetylenes is 1. The van der Waals surface area contributed by atoms with Crippen LogP contribution in [0.5, 0.6) is 0 Å². The lowest BCUT2D eigenvalue weighted by molar-refractivity contribution is -0.806. The van der Waals surface area contributed by atoms with Crippen molar-refractivity contribution in [3.63, 3.8) is 0 Å². The van der Waals surface area contributed by atoms with Crippen molar-refractivity contribution in [2.24, 2.45) is 5.92 Å². The van der Waals surface area contributed by atoms with Gasteiger partial charge in [0.25, 0.3) is 0 Å². The van der Waals surface area contributed by atoms with E-state index in [1.807, 2.05) is 38.1 Å². The highest BCUT2D eigenvalue weighted by atomic mass is 16.5. The Morgan fingerprint density at radius 3 is 2.61 bits per heavy atom. The molecule has 0 radical (unpaired) electrons. The third-order valence-electron chi connectivity index (χ3n) is 2.83. The highest BCUT2D eigenvalue weighted by molar-refractivity contribution is 5.67. The minimum atomic E-state index is 0.0282. The summed E-state index contributed by atoms with van der Waals surface area (Å²) in [5.41, 5.74) is 2.97. The van der Waals surface area contributed by atoms with Gasteiger partial charge in [0, 0.05) is 11.5 Å². The van der Waals surface area contributed by atoms with Gasteiger partial charge in [-0.05, 0) is 31.1 Å². The van der Waals surface area contributed by atoms with Crippen LogP contribution in [0.1, 0.15) is 25.0 Å². The Labute approximate surface area is 109 Å².